The topological polar surface area (TPSA) is 101 Å². The number of rotatable bonds is 3. The highest BCUT2D eigenvalue weighted by Gasteiger charge is 2.59. The molecule has 1 aromatic carbocycles. The van der Waals surface area contributed by atoms with Gasteiger partial charge in [0, 0.05) is 0 Å². The second-order valence-corrected chi connectivity index (χ2v) is 8.61. The number of hydrogen-bond donors (Lipinski definition) is 1. The molecular formula is C15H14FNO6S. The third-order valence-corrected chi connectivity index (χ3v) is 6.75. The molecule has 1 aliphatic carbocycles. The van der Waals surface area contributed by atoms with Gasteiger partial charge >= 0.3 is 12.1 Å². The molecule has 24 heavy (non-hydrogen) atoms. The Morgan fingerprint density at radius 3 is 2.50 bits per heavy atom. The van der Waals surface area contributed by atoms with Crippen LogP contribution in [0.2, 0.25) is 0 Å². The minimum Gasteiger partial charge on any atom is -0.478 e. The number of carbonyl (C=O) groups is 2. The summed E-state index contributed by atoms with van der Waals surface area (Å²) in [4.78, 5) is 23.7. The minimum atomic E-state index is -2.99. The van der Waals surface area contributed by atoms with Crippen LogP contribution in [-0.4, -0.2) is 49.7 Å². The van der Waals surface area contributed by atoms with Gasteiger partial charge in [-0.05, 0) is 35.4 Å². The lowest BCUT2D eigenvalue weighted by molar-refractivity contribution is -0.144. The van der Waals surface area contributed by atoms with Crippen LogP contribution in [0.4, 0.5) is 14.9 Å². The summed E-state index contributed by atoms with van der Waals surface area (Å²) in [5, 5.41) is 8.88. The van der Waals surface area contributed by atoms with Crippen LogP contribution in [0.1, 0.15) is 11.5 Å². The van der Waals surface area contributed by atoms with E-state index in [0.29, 0.717) is 5.56 Å². The number of carboxylic acids is 1. The highest BCUT2D eigenvalue weighted by Crippen LogP contribution is 2.59. The van der Waals surface area contributed by atoms with Gasteiger partial charge in [-0.15, -0.1) is 0 Å². The van der Waals surface area contributed by atoms with Gasteiger partial charge in [0.15, 0.2) is 9.84 Å². The van der Waals surface area contributed by atoms with Gasteiger partial charge in [0.25, 0.3) is 0 Å². The number of carbonyl (C=O) groups excluding carboxylic acids is 1. The Hall–Kier alpha value is -2.16. The Kier molecular flexibility index (Phi) is 3.15. The molecule has 0 radical (unpaired) electrons. The molecule has 0 aromatic heterocycles. The summed E-state index contributed by atoms with van der Waals surface area (Å²) in [6, 6.07) is 4.25. The molecule has 3 aliphatic rings. The molecule has 128 valence electrons. The van der Waals surface area contributed by atoms with Crippen molar-refractivity contribution in [3.05, 3.63) is 29.6 Å². The van der Waals surface area contributed by atoms with Crippen molar-refractivity contribution < 1.29 is 32.2 Å². The molecule has 9 heteroatoms. The highest BCUT2D eigenvalue weighted by molar-refractivity contribution is 7.91. The SMILES string of the molecule is O=C(O)[C@H]1CN(c2ccc(C3[C@H]4CS(=O)(=O)C[C@@H]34)c(F)c2)C(=O)O1. The van der Waals surface area contributed by atoms with Crippen molar-refractivity contribution in [2.45, 2.75) is 12.0 Å². The maximum Gasteiger partial charge on any atom is 0.415 e. The van der Waals surface area contributed by atoms with Gasteiger partial charge in [0.05, 0.1) is 23.7 Å². The molecule has 4 rings (SSSR count). The maximum atomic E-state index is 14.4. The van der Waals surface area contributed by atoms with Crippen LogP contribution in [0.5, 0.6) is 0 Å². The Labute approximate surface area is 136 Å². The number of nitrogens with zero attached hydrogens (tertiary/aromatic N) is 1. The quantitative estimate of drug-likeness (QED) is 0.868. The van der Waals surface area contributed by atoms with E-state index in [2.05, 4.69) is 0 Å². The van der Waals surface area contributed by atoms with E-state index in [1.165, 1.54) is 12.1 Å². The third-order valence-electron chi connectivity index (χ3n) is 4.97. The van der Waals surface area contributed by atoms with Crippen molar-refractivity contribution in [3.63, 3.8) is 0 Å². The fourth-order valence-electron chi connectivity index (χ4n) is 3.77. The predicted octanol–water partition coefficient (Wildman–Crippen LogP) is 0.994. The van der Waals surface area contributed by atoms with Crippen molar-refractivity contribution in [3.8, 4) is 0 Å². The lowest BCUT2D eigenvalue weighted by Gasteiger charge is -2.14. The van der Waals surface area contributed by atoms with Crippen molar-refractivity contribution >= 4 is 27.6 Å². The van der Waals surface area contributed by atoms with Gasteiger partial charge in [0.2, 0.25) is 6.10 Å². The molecule has 2 aliphatic heterocycles. The predicted molar refractivity (Wildman–Crippen MR) is 80.0 cm³/mol. The number of anilines is 1. The molecule has 0 spiro atoms. The van der Waals surface area contributed by atoms with E-state index in [4.69, 9.17) is 9.84 Å². The maximum absolute atomic E-state index is 14.4. The Morgan fingerprint density at radius 1 is 1.29 bits per heavy atom. The van der Waals surface area contributed by atoms with Crippen molar-refractivity contribution in [1.29, 1.82) is 0 Å². The number of amides is 1. The van der Waals surface area contributed by atoms with E-state index in [-0.39, 0.29) is 41.5 Å². The summed E-state index contributed by atoms with van der Waals surface area (Å²) >= 11 is 0. The molecule has 0 bridgehead atoms. The average Bonchev–Trinajstić information content (AvgIpc) is 2.83. The summed E-state index contributed by atoms with van der Waals surface area (Å²) in [6.45, 7) is -0.181. The number of hydrogen-bond acceptors (Lipinski definition) is 5. The Balaban J connectivity index is 1.54. The normalized spacial score (nSPS) is 33.2. The van der Waals surface area contributed by atoms with Crippen LogP contribution < -0.4 is 4.90 Å². The zero-order valence-corrected chi connectivity index (χ0v) is 13.2. The molecule has 1 N–H and O–H groups in total. The second kappa shape index (κ2) is 4.92. The van der Waals surface area contributed by atoms with Gasteiger partial charge < -0.3 is 9.84 Å². The van der Waals surface area contributed by atoms with Gasteiger partial charge in [-0.2, -0.15) is 0 Å². The van der Waals surface area contributed by atoms with Crippen LogP contribution in [0.3, 0.4) is 0 Å². The number of halogens is 1. The summed E-state index contributed by atoms with van der Waals surface area (Å²) < 4.78 is 42.1. The van der Waals surface area contributed by atoms with Crippen LogP contribution in [0, 0.1) is 17.7 Å². The van der Waals surface area contributed by atoms with Gasteiger partial charge in [-0.25, -0.2) is 22.4 Å². The lowest BCUT2D eigenvalue weighted by atomic mass is 10.1. The van der Waals surface area contributed by atoms with E-state index in [1.54, 1.807) is 6.07 Å². The van der Waals surface area contributed by atoms with Gasteiger partial charge in [-0.3, -0.25) is 4.90 Å². The fourth-order valence-corrected chi connectivity index (χ4v) is 5.99. The number of cyclic esters (lactones) is 1. The monoisotopic (exact) mass is 355 g/mol. The Morgan fingerprint density at radius 2 is 1.96 bits per heavy atom. The highest BCUT2D eigenvalue weighted by atomic mass is 32.2. The first-order valence-corrected chi connectivity index (χ1v) is 9.30. The third kappa shape index (κ3) is 2.34. The molecule has 4 atom stereocenters. The molecule has 1 aromatic rings. The summed E-state index contributed by atoms with van der Waals surface area (Å²) in [6.07, 6.45) is -2.10. The summed E-state index contributed by atoms with van der Waals surface area (Å²) in [7, 11) is -2.99. The second-order valence-electron chi connectivity index (χ2n) is 6.46. The van der Waals surface area contributed by atoms with Crippen molar-refractivity contribution in [1.82, 2.24) is 0 Å². The standard InChI is InChI=1S/C15H14FNO6S/c16-11-3-7(17-4-12(14(18)19)23-15(17)20)1-2-8(11)13-9-5-24(21,22)6-10(9)13/h1-3,9-10,12-13H,4-6H2,(H,18,19)/t9-,10+,12-,13?/m1/s1. The molecule has 1 unspecified atom stereocenters. The lowest BCUT2D eigenvalue weighted by Crippen LogP contribution is -2.27. The van der Waals surface area contributed by atoms with Crippen LogP contribution >= 0.6 is 0 Å². The molecule has 3 fully saturated rings. The zero-order valence-electron chi connectivity index (χ0n) is 12.4. The van der Waals surface area contributed by atoms with E-state index >= 15 is 0 Å². The Bertz CT molecular complexity index is 836. The van der Waals surface area contributed by atoms with Crippen LogP contribution in [0.25, 0.3) is 0 Å². The molecule has 2 heterocycles. The molecule has 1 amide bonds. The van der Waals surface area contributed by atoms with Crippen LogP contribution in [-0.2, 0) is 19.4 Å². The number of carboxylic acid groups (broad SMARTS) is 1. The first kappa shape index (κ1) is 15.4. The molecule has 1 saturated carbocycles. The van der Waals surface area contributed by atoms with Crippen molar-refractivity contribution in [2.75, 3.05) is 23.0 Å². The fraction of sp³-hybridized carbons (Fsp3) is 0.467. The zero-order chi connectivity index (χ0) is 17.2. The smallest absolute Gasteiger partial charge is 0.415 e. The first-order chi connectivity index (χ1) is 11.3. The summed E-state index contributed by atoms with van der Waals surface area (Å²) in [5.41, 5.74) is 0.675. The number of benzene rings is 1. The number of sulfone groups is 1. The number of ether oxygens (including phenoxy) is 1. The molecular weight excluding hydrogens is 341 g/mol. The largest absolute Gasteiger partial charge is 0.478 e. The van der Waals surface area contributed by atoms with Crippen molar-refractivity contribution in [2.24, 2.45) is 11.8 Å². The molecule has 7 nitrogen and oxygen atoms in total. The van der Waals surface area contributed by atoms with E-state index in [9.17, 15) is 22.4 Å². The van der Waals surface area contributed by atoms with E-state index in [1.807, 2.05) is 0 Å². The number of fused-ring (bicyclic) bond motifs is 1. The van der Waals surface area contributed by atoms with Gasteiger partial charge in [0.1, 0.15) is 5.82 Å². The van der Waals surface area contributed by atoms with E-state index in [0.717, 1.165) is 4.90 Å². The first-order valence-electron chi connectivity index (χ1n) is 7.47. The average molecular weight is 355 g/mol. The van der Waals surface area contributed by atoms with E-state index < -0.39 is 33.8 Å². The summed E-state index contributed by atoms with van der Waals surface area (Å²) in [5.74, 6) is -1.72. The van der Waals surface area contributed by atoms with Crippen LogP contribution in [0.15, 0.2) is 18.2 Å². The minimum absolute atomic E-state index is 0.0245. The van der Waals surface area contributed by atoms with Gasteiger partial charge in [-0.1, -0.05) is 6.07 Å². The number of aliphatic carboxylic acids is 1. The molecule has 2 saturated heterocycles.